The topological polar surface area (TPSA) is 51.2 Å². The SMILES string of the molecule is CCc1ccc(C(=O)N(CCCN2CCOCC2)Cc2ccc3c(c2)OCO3)cc1. The quantitative estimate of drug-likeness (QED) is 0.668. The minimum absolute atomic E-state index is 0.0669. The number of rotatable bonds is 8. The van der Waals surface area contributed by atoms with Gasteiger partial charge in [-0.1, -0.05) is 25.1 Å². The van der Waals surface area contributed by atoms with Crippen molar-refractivity contribution in [3.63, 3.8) is 0 Å². The molecule has 2 aromatic rings. The molecule has 30 heavy (non-hydrogen) atoms. The number of fused-ring (bicyclic) bond motifs is 1. The number of hydrogen-bond acceptors (Lipinski definition) is 5. The zero-order valence-corrected chi connectivity index (χ0v) is 17.6. The van der Waals surface area contributed by atoms with Crippen LogP contribution in [0.5, 0.6) is 11.5 Å². The molecule has 2 aliphatic rings. The average Bonchev–Trinajstić information content (AvgIpc) is 3.27. The summed E-state index contributed by atoms with van der Waals surface area (Å²) in [7, 11) is 0. The highest BCUT2D eigenvalue weighted by Gasteiger charge is 2.19. The molecule has 0 spiro atoms. The first-order chi connectivity index (χ1) is 14.7. The van der Waals surface area contributed by atoms with Crippen LogP contribution in [0.1, 0.15) is 34.8 Å². The Morgan fingerprint density at radius 1 is 1.00 bits per heavy atom. The summed E-state index contributed by atoms with van der Waals surface area (Å²) in [5, 5.41) is 0. The van der Waals surface area contributed by atoms with Gasteiger partial charge in [-0.3, -0.25) is 9.69 Å². The lowest BCUT2D eigenvalue weighted by atomic mass is 10.1. The summed E-state index contributed by atoms with van der Waals surface area (Å²) in [5.74, 6) is 1.58. The average molecular weight is 411 g/mol. The lowest BCUT2D eigenvalue weighted by Gasteiger charge is -2.28. The molecule has 0 aromatic heterocycles. The number of nitrogens with zero attached hydrogens (tertiary/aromatic N) is 2. The molecule has 1 amide bonds. The summed E-state index contributed by atoms with van der Waals surface area (Å²) >= 11 is 0. The number of ether oxygens (including phenoxy) is 3. The second kappa shape index (κ2) is 9.96. The van der Waals surface area contributed by atoms with Gasteiger partial charge >= 0.3 is 0 Å². The molecular formula is C24H30N2O4. The van der Waals surface area contributed by atoms with Gasteiger partial charge in [0.1, 0.15) is 0 Å². The van der Waals surface area contributed by atoms with Crippen molar-refractivity contribution in [2.75, 3.05) is 46.2 Å². The van der Waals surface area contributed by atoms with Crippen LogP contribution in [0.15, 0.2) is 42.5 Å². The first-order valence-corrected chi connectivity index (χ1v) is 10.8. The summed E-state index contributed by atoms with van der Waals surface area (Å²) in [4.78, 5) is 17.7. The van der Waals surface area contributed by atoms with Gasteiger partial charge in [0.15, 0.2) is 11.5 Å². The number of aryl methyl sites for hydroxylation is 1. The molecule has 2 heterocycles. The van der Waals surface area contributed by atoms with Crippen molar-refractivity contribution < 1.29 is 19.0 Å². The van der Waals surface area contributed by atoms with Crippen LogP contribution in [-0.2, 0) is 17.7 Å². The summed E-state index contributed by atoms with van der Waals surface area (Å²) in [6.07, 6.45) is 1.90. The molecule has 2 aliphatic heterocycles. The van der Waals surface area contributed by atoms with Gasteiger partial charge < -0.3 is 19.1 Å². The van der Waals surface area contributed by atoms with Crippen LogP contribution < -0.4 is 9.47 Å². The van der Waals surface area contributed by atoms with E-state index in [1.54, 1.807) is 0 Å². The van der Waals surface area contributed by atoms with Crippen molar-refractivity contribution >= 4 is 5.91 Å². The Bertz CT molecular complexity index is 847. The molecular weight excluding hydrogens is 380 g/mol. The maximum absolute atomic E-state index is 13.3. The lowest BCUT2D eigenvalue weighted by Crippen LogP contribution is -2.39. The van der Waals surface area contributed by atoms with Crippen molar-refractivity contribution in [2.45, 2.75) is 26.3 Å². The summed E-state index contributed by atoms with van der Waals surface area (Å²) in [5.41, 5.74) is 3.02. The molecule has 0 atom stereocenters. The fourth-order valence-electron chi connectivity index (χ4n) is 3.89. The van der Waals surface area contributed by atoms with E-state index in [4.69, 9.17) is 14.2 Å². The predicted molar refractivity (Wildman–Crippen MR) is 115 cm³/mol. The molecule has 160 valence electrons. The summed E-state index contributed by atoms with van der Waals surface area (Å²) < 4.78 is 16.3. The normalized spacial score (nSPS) is 15.9. The van der Waals surface area contributed by atoms with Crippen molar-refractivity contribution in [1.82, 2.24) is 9.80 Å². The number of benzene rings is 2. The van der Waals surface area contributed by atoms with Gasteiger partial charge in [-0.15, -0.1) is 0 Å². The van der Waals surface area contributed by atoms with Crippen LogP contribution in [0.2, 0.25) is 0 Å². The Kier molecular flexibility index (Phi) is 6.87. The maximum Gasteiger partial charge on any atom is 0.254 e. The molecule has 0 aliphatic carbocycles. The Balaban J connectivity index is 1.45. The van der Waals surface area contributed by atoms with Crippen LogP contribution in [0.25, 0.3) is 0 Å². The van der Waals surface area contributed by atoms with Crippen molar-refractivity contribution in [2.24, 2.45) is 0 Å². The number of morpholine rings is 1. The van der Waals surface area contributed by atoms with E-state index < -0.39 is 0 Å². The van der Waals surface area contributed by atoms with Gasteiger partial charge in [0.05, 0.1) is 13.2 Å². The highest BCUT2D eigenvalue weighted by atomic mass is 16.7. The highest BCUT2D eigenvalue weighted by Crippen LogP contribution is 2.33. The fraction of sp³-hybridized carbons (Fsp3) is 0.458. The standard InChI is InChI=1S/C24H30N2O4/c1-2-19-4-7-21(8-5-19)24(27)26(11-3-10-25-12-14-28-15-13-25)17-20-6-9-22-23(16-20)30-18-29-22/h4-9,16H,2-3,10-15,17-18H2,1H3. The highest BCUT2D eigenvalue weighted by molar-refractivity contribution is 5.94. The first kappa shape index (κ1) is 20.7. The van der Waals surface area contributed by atoms with Crippen molar-refractivity contribution in [3.05, 3.63) is 59.2 Å². The van der Waals surface area contributed by atoms with E-state index in [2.05, 4.69) is 11.8 Å². The van der Waals surface area contributed by atoms with E-state index in [1.807, 2.05) is 47.4 Å². The number of hydrogen-bond donors (Lipinski definition) is 0. The number of carbonyl (C=O) groups excluding carboxylic acids is 1. The van der Waals surface area contributed by atoms with Gasteiger partial charge in [0.25, 0.3) is 5.91 Å². The van der Waals surface area contributed by atoms with E-state index in [1.165, 1.54) is 5.56 Å². The molecule has 6 heteroatoms. The zero-order chi connectivity index (χ0) is 20.8. The van der Waals surface area contributed by atoms with Crippen LogP contribution in [0, 0.1) is 0 Å². The molecule has 0 N–H and O–H groups in total. The molecule has 2 aromatic carbocycles. The van der Waals surface area contributed by atoms with Gasteiger partial charge in [0, 0.05) is 38.3 Å². The Morgan fingerprint density at radius 2 is 1.73 bits per heavy atom. The number of carbonyl (C=O) groups is 1. The van der Waals surface area contributed by atoms with Gasteiger partial charge in [-0.25, -0.2) is 0 Å². The monoisotopic (exact) mass is 410 g/mol. The summed E-state index contributed by atoms with van der Waals surface area (Å²) in [6, 6.07) is 13.9. The van der Waals surface area contributed by atoms with Crippen LogP contribution in [0.3, 0.4) is 0 Å². The smallest absolute Gasteiger partial charge is 0.254 e. The lowest BCUT2D eigenvalue weighted by molar-refractivity contribution is 0.0355. The molecule has 6 nitrogen and oxygen atoms in total. The zero-order valence-electron chi connectivity index (χ0n) is 17.6. The third kappa shape index (κ3) is 5.12. The largest absolute Gasteiger partial charge is 0.454 e. The maximum atomic E-state index is 13.3. The Morgan fingerprint density at radius 3 is 2.50 bits per heavy atom. The summed E-state index contributed by atoms with van der Waals surface area (Å²) in [6.45, 7) is 8.13. The van der Waals surface area contributed by atoms with Gasteiger partial charge in [-0.2, -0.15) is 0 Å². The van der Waals surface area contributed by atoms with E-state index >= 15 is 0 Å². The van der Waals surface area contributed by atoms with Gasteiger partial charge in [-0.05, 0) is 48.2 Å². The Labute approximate surface area is 178 Å². The third-order valence-corrected chi connectivity index (χ3v) is 5.71. The fourth-order valence-corrected chi connectivity index (χ4v) is 3.89. The van der Waals surface area contributed by atoms with Crippen molar-refractivity contribution in [1.29, 1.82) is 0 Å². The van der Waals surface area contributed by atoms with Crippen LogP contribution in [0.4, 0.5) is 0 Å². The third-order valence-electron chi connectivity index (χ3n) is 5.71. The first-order valence-electron chi connectivity index (χ1n) is 10.8. The van der Waals surface area contributed by atoms with E-state index in [-0.39, 0.29) is 12.7 Å². The molecule has 1 saturated heterocycles. The number of amides is 1. The Hall–Kier alpha value is -2.57. The second-order valence-electron chi connectivity index (χ2n) is 7.77. The molecule has 0 bridgehead atoms. The van der Waals surface area contributed by atoms with E-state index in [0.29, 0.717) is 13.1 Å². The van der Waals surface area contributed by atoms with E-state index in [0.717, 1.165) is 68.3 Å². The molecule has 0 saturated carbocycles. The van der Waals surface area contributed by atoms with Crippen LogP contribution in [-0.4, -0.2) is 61.9 Å². The minimum atomic E-state index is 0.0669. The molecule has 1 fully saturated rings. The minimum Gasteiger partial charge on any atom is -0.454 e. The predicted octanol–water partition coefficient (Wildman–Crippen LogP) is 3.34. The molecule has 0 unspecified atom stereocenters. The molecule has 4 rings (SSSR count). The van der Waals surface area contributed by atoms with Crippen LogP contribution >= 0.6 is 0 Å². The van der Waals surface area contributed by atoms with E-state index in [9.17, 15) is 4.79 Å². The van der Waals surface area contributed by atoms with Crippen molar-refractivity contribution in [3.8, 4) is 11.5 Å². The second-order valence-corrected chi connectivity index (χ2v) is 7.77. The van der Waals surface area contributed by atoms with Gasteiger partial charge in [0.2, 0.25) is 6.79 Å². The molecule has 0 radical (unpaired) electrons.